The Bertz CT molecular complexity index is 1080. The van der Waals surface area contributed by atoms with Crippen molar-refractivity contribution in [3.63, 3.8) is 0 Å². The van der Waals surface area contributed by atoms with Gasteiger partial charge in [-0.05, 0) is 55.4 Å². The summed E-state index contributed by atoms with van der Waals surface area (Å²) in [4.78, 5) is 14.5. The predicted octanol–water partition coefficient (Wildman–Crippen LogP) is 3.02. The molecule has 3 aromatic rings. The van der Waals surface area contributed by atoms with E-state index in [4.69, 9.17) is 4.98 Å². The van der Waals surface area contributed by atoms with Crippen LogP contribution in [0.3, 0.4) is 0 Å². The van der Waals surface area contributed by atoms with E-state index >= 15 is 0 Å². The van der Waals surface area contributed by atoms with Gasteiger partial charge in [0.15, 0.2) is 5.65 Å². The number of piperazine rings is 1. The number of fused-ring (bicyclic) bond motifs is 1. The Morgan fingerprint density at radius 1 is 1.03 bits per heavy atom. The first-order chi connectivity index (χ1) is 15.0. The molecule has 0 radical (unpaired) electrons. The molecule has 0 spiro atoms. The lowest BCUT2D eigenvalue weighted by atomic mass is 9.80. The number of hydrogen-bond donors (Lipinski definition) is 1. The van der Waals surface area contributed by atoms with Gasteiger partial charge in [-0.25, -0.2) is 9.97 Å². The van der Waals surface area contributed by atoms with Crippen molar-refractivity contribution in [2.75, 3.05) is 49.1 Å². The lowest BCUT2D eigenvalue weighted by Crippen LogP contribution is -2.44. The number of rotatable bonds is 3. The van der Waals surface area contributed by atoms with Gasteiger partial charge in [-0.1, -0.05) is 6.92 Å². The number of hydrogen-bond acceptors (Lipinski definition) is 6. The summed E-state index contributed by atoms with van der Waals surface area (Å²) in [6, 6.07) is 4.51. The number of nitrogens with one attached hydrogen (secondary N) is 1. The molecule has 2 atom stereocenters. The number of nitrogens with zero attached hydrogens (tertiary/aromatic N) is 6. The summed E-state index contributed by atoms with van der Waals surface area (Å²) in [6.45, 7) is 12.9. The smallest absolute Gasteiger partial charge is 0.159 e. The van der Waals surface area contributed by atoms with Crippen molar-refractivity contribution in [2.45, 2.75) is 33.1 Å². The summed E-state index contributed by atoms with van der Waals surface area (Å²) in [5.41, 5.74) is 6.08. The maximum Gasteiger partial charge on any atom is 0.159 e. The van der Waals surface area contributed by atoms with Crippen LogP contribution in [-0.2, 0) is 7.05 Å². The van der Waals surface area contributed by atoms with Gasteiger partial charge in [0, 0.05) is 58.2 Å². The Hall–Kier alpha value is -2.67. The van der Waals surface area contributed by atoms with Crippen LogP contribution in [0.2, 0.25) is 0 Å². The van der Waals surface area contributed by atoms with Crippen molar-refractivity contribution in [2.24, 2.45) is 13.0 Å². The Morgan fingerprint density at radius 3 is 2.58 bits per heavy atom. The van der Waals surface area contributed by atoms with Gasteiger partial charge in [0.05, 0.1) is 17.3 Å². The standard InChI is InChI=1S/C24H33N7/c1-16-11-23(30-9-6-25-7-10-30)26-13-20(16)19-5-8-31(15-17(19)2)22-12-18(3)28-24-21(22)14-27-29(24)4/h11-14,17,19,25H,5-10,15H2,1-4H3. The molecule has 1 N–H and O–H groups in total. The number of piperidine rings is 1. The van der Waals surface area contributed by atoms with Gasteiger partial charge in [0.1, 0.15) is 5.82 Å². The lowest BCUT2D eigenvalue weighted by Gasteiger charge is -2.39. The summed E-state index contributed by atoms with van der Waals surface area (Å²) < 4.78 is 1.87. The van der Waals surface area contributed by atoms with Gasteiger partial charge in [-0.2, -0.15) is 5.10 Å². The Morgan fingerprint density at radius 2 is 1.84 bits per heavy atom. The van der Waals surface area contributed by atoms with E-state index in [1.54, 1.807) is 0 Å². The van der Waals surface area contributed by atoms with Crippen LogP contribution >= 0.6 is 0 Å². The van der Waals surface area contributed by atoms with E-state index in [2.05, 4.69) is 64.3 Å². The van der Waals surface area contributed by atoms with Crippen molar-refractivity contribution in [1.82, 2.24) is 25.1 Å². The first-order valence-corrected chi connectivity index (χ1v) is 11.5. The molecule has 164 valence electrons. The molecule has 2 aliphatic rings. The quantitative estimate of drug-likeness (QED) is 0.704. The van der Waals surface area contributed by atoms with E-state index < -0.39 is 0 Å². The minimum atomic E-state index is 0.549. The SMILES string of the molecule is Cc1cc(N2CCC(c3cnc(N4CCNCC4)cc3C)C(C)C2)c2cnn(C)c2n1. The van der Waals surface area contributed by atoms with E-state index in [0.29, 0.717) is 11.8 Å². The summed E-state index contributed by atoms with van der Waals surface area (Å²) >= 11 is 0. The molecule has 0 aliphatic carbocycles. The second kappa shape index (κ2) is 8.11. The second-order valence-electron chi connectivity index (χ2n) is 9.24. The van der Waals surface area contributed by atoms with Gasteiger partial charge in [0.2, 0.25) is 0 Å². The fraction of sp³-hybridized carbons (Fsp3) is 0.542. The Labute approximate surface area is 184 Å². The highest BCUT2D eigenvalue weighted by Crippen LogP contribution is 2.38. The van der Waals surface area contributed by atoms with Crippen LogP contribution in [0.15, 0.2) is 24.5 Å². The molecule has 3 aromatic heterocycles. The molecule has 5 rings (SSSR count). The predicted molar refractivity (Wildman–Crippen MR) is 126 cm³/mol. The van der Waals surface area contributed by atoms with Crippen molar-refractivity contribution in [1.29, 1.82) is 0 Å². The van der Waals surface area contributed by atoms with Crippen LogP contribution in [0.5, 0.6) is 0 Å². The first kappa shape index (κ1) is 20.2. The molecule has 7 nitrogen and oxygen atoms in total. The molecule has 2 fully saturated rings. The average Bonchev–Trinajstić information content (AvgIpc) is 3.14. The molecular weight excluding hydrogens is 386 g/mol. The zero-order valence-corrected chi connectivity index (χ0v) is 19.1. The molecule has 0 aromatic carbocycles. The van der Waals surface area contributed by atoms with E-state index in [-0.39, 0.29) is 0 Å². The summed E-state index contributed by atoms with van der Waals surface area (Å²) in [5, 5.41) is 9.01. The zero-order chi connectivity index (χ0) is 21.5. The van der Waals surface area contributed by atoms with E-state index in [1.165, 1.54) is 16.8 Å². The van der Waals surface area contributed by atoms with Crippen LogP contribution in [0.4, 0.5) is 11.5 Å². The van der Waals surface area contributed by atoms with E-state index in [1.807, 2.05) is 17.9 Å². The van der Waals surface area contributed by atoms with Gasteiger partial charge in [0.25, 0.3) is 0 Å². The molecule has 2 unspecified atom stereocenters. The Kier molecular flexibility index (Phi) is 5.30. The highest BCUT2D eigenvalue weighted by Gasteiger charge is 2.30. The van der Waals surface area contributed by atoms with Crippen molar-refractivity contribution < 1.29 is 0 Å². The summed E-state index contributed by atoms with van der Waals surface area (Å²) in [5.74, 6) is 2.23. The second-order valence-corrected chi connectivity index (χ2v) is 9.24. The maximum atomic E-state index is 4.87. The molecule has 2 saturated heterocycles. The number of aryl methyl sites for hydroxylation is 3. The highest BCUT2D eigenvalue weighted by atomic mass is 15.3. The lowest BCUT2D eigenvalue weighted by molar-refractivity contribution is 0.382. The highest BCUT2D eigenvalue weighted by molar-refractivity contribution is 5.89. The monoisotopic (exact) mass is 419 g/mol. The first-order valence-electron chi connectivity index (χ1n) is 11.5. The Balaban J connectivity index is 1.36. The van der Waals surface area contributed by atoms with Crippen LogP contribution in [-0.4, -0.2) is 59.0 Å². The zero-order valence-electron chi connectivity index (χ0n) is 19.1. The number of pyridine rings is 2. The van der Waals surface area contributed by atoms with Gasteiger partial charge < -0.3 is 15.1 Å². The number of aromatic nitrogens is 4. The topological polar surface area (TPSA) is 62.1 Å². The third-order valence-electron chi connectivity index (χ3n) is 7.03. The summed E-state index contributed by atoms with van der Waals surface area (Å²) in [6.07, 6.45) is 5.25. The molecule has 2 aliphatic heterocycles. The van der Waals surface area contributed by atoms with Gasteiger partial charge >= 0.3 is 0 Å². The van der Waals surface area contributed by atoms with Gasteiger partial charge in [-0.15, -0.1) is 0 Å². The van der Waals surface area contributed by atoms with E-state index in [0.717, 1.165) is 68.2 Å². The van der Waals surface area contributed by atoms with Crippen LogP contribution in [0, 0.1) is 19.8 Å². The maximum absolute atomic E-state index is 4.87. The fourth-order valence-corrected chi connectivity index (χ4v) is 5.31. The molecule has 7 heteroatoms. The van der Waals surface area contributed by atoms with Crippen LogP contribution in [0.25, 0.3) is 11.0 Å². The minimum absolute atomic E-state index is 0.549. The summed E-state index contributed by atoms with van der Waals surface area (Å²) in [7, 11) is 1.97. The molecule has 0 saturated carbocycles. The molecule has 31 heavy (non-hydrogen) atoms. The minimum Gasteiger partial charge on any atom is -0.371 e. The van der Waals surface area contributed by atoms with Crippen molar-refractivity contribution >= 4 is 22.5 Å². The molecule has 0 bridgehead atoms. The van der Waals surface area contributed by atoms with Crippen molar-refractivity contribution in [3.8, 4) is 0 Å². The molecular formula is C24H33N7. The van der Waals surface area contributed by atoms with Gasteiger partial charge in [-0.3, -0.25) is 4.68 Å². The third-order valence-corrected chi connectivity index (χ3v) is 7.03. The van der Waals surface area contributed by atoms with Crippen LogP contribution < -0.4 is 15.1 Å². The normalized spacial score (nSPS) is 22.3. The van der Waals surface area contributed by atoms with E-state index in [9.17, 15) is 0 Å². The number of anilines is 2. The molecule has 5 heterocycles. The largest absolute Gasteiger partial charge is 0.371 e. The molecule has 0 amide bonds. The van der Waals surface area contributed by atoms with Crippen LogP contribution in [0.1, 0.15) is 36.1 Å². The third kappa shape index (κ3) is 3.76. The van der Waals surface area contributed by atoms with Crippen molar-refractivity contribution in [3.05, 3.63) is 41.3 Å². The fourth-order valence-electron chi connectivity index (χ4n) is 5.31. The average molecular weight is 420 g/mol.